The zero-order valence-electron chi connectivity index (χ0n) is 17.9. The molecule has 0 bridgehead atoms. The van der Waals surface area contributed by atoms with Crippen LogP contribution in [-0.4, -0.2) is 39.2 Å². The summed E-state index contributed by atoms with van der Waals surface area (Å²) >= 11 is 5.67. The van der Waals surface area contributed by atoms with Gasteiger partial charge in [0.15, 0.2) is 5.11 Å². The number of thiocarbonyl (C=S) groups is 1. The van der Waals surface area contributed by atoms with E-state index < -0.39 is 0 Å². The quantitative estimate of drug-likeness (QED) is 0.446. The summed E-state index contributed by atoms with van der Waals surface area (Å²) in [5, 5.41) is 4.04. The number of ether oxygens (including phenoxy) is 1. The van der Waals surface area contributed by atoms with Gasteiger partial charge in [-0.1, -0.05) is 6.07 Å². The van der Waals surface area contributed by atoms with Crippen LogP contribution < -0.4 is 5.32 Å². The van der Waals surface area contributed by atoms with Gasteiger partial charge in [0.2, 0.25) is 0 Å². The maximum Gasteiger partial charge on any atom is 0.307 e. The number of furan rings is 1. The highest BCUT2D eigenvalue weighted by atomic mass is 32.1. The molecule has 4 heterocycles. The number of esters is 1. The summed E-state index contributed by atoms with van der Waals surface area (Å²) in [5.41, 5.74) is 4.33. The SMILES string of the molecule is COC(=O)CCN1C(=S)N[C@H](c2ccccn2)[C@@H]1c1cc(C)n(Cc2ccco2)c1C. The summed E-state index contributed by atoms with van der Waals surface area (Å²) in [6.45, 7) is 5.33. The minimum Gasteiger partial charge on any atom is -0.469 e. The van der Waals surface area contributed by atoms with Crippen molar-refractivity contribution >= 4 is 23.3 Å². The largest absolute Gasteiger partial charge is 0.469 e. The molecular weight excluding hydrogens is 412 g/mol. The van der Waals surface area contributed by atoms with Crippen LogP contribution in [0.3, 0.4) is 0 Å². The van der Waals surface area contributed by atoms with Crippen LogP contribution >= 0.6 is 12.2 Å². The third-order valence-electron chi connectivity index (χ3n) is 5.81. The summed E-state index contributed by atoms with van der Waals surface area (Å²) in [6.07, 6.45) is 3.73. The Bertz CT molecular complexity index is 1060. The first-order chi connectivity index (χ1) is 15.0. The van der Waals surface area contributed by atoms with Gasteiger partial charge in [0, 0.05) is 24.1 Å². The molecule has 1 aliphatic heterocycles. The van der Waals surface area contributed by atoms with Crippen LogP contribution in [0.15, 0.2) is 53.3 Å². The van der Waals surface area contributed by atoms with E-state index in [2.05, 4.69) is 39.7 Å². The summed E-state index contributed by atoms with van der Waals surface area (Å²) in [4.78, 5) is 18.5. The molecule has 0 radical (unpaired) electrons. The molecule has 0 unspecified atom stereocenters. The number of aryl methyl sites for hydroxylation is 1. The van der Waals surface area contributed by atoms with Gasteiger partial charge < -0.3 is 23.9 Å². The Morgan fingerprint density at radius 3 is 2.81 bits per heavy atom. The maximum absolute atomic E-state index is 11.8. The van der Waals surface area contributed by atoms with E-state index in [0.29, 0.717) is 18.2 Å². The Kier molecular flexibility index (Phi) is 6.08. The molecule has 4 rings (SSSR count). The molecule has 31 heavy (non-hydrogen) atoms. The number of carbonyl (C=O) groups is 1. The molecule has 7 nitrogen and oxygen atoms in total. The van der Waals surface area contributed by atoms with Crippen molar-refractivity contribution in [1.82, 2.24) is 19.8 Å². The lowest BCUT2D eigenvalue weighted by Gasteiger charge is -2.27. The fraction of sp³-hybridized carbons (Fsp3) is 0.348. The maximum atomic E-state index is 11.8. The predicted octanol–water partition coefficient (Wildman–Crippen LogP) is 3.68. The van der Waals surface area contributed by atoms with Crippen molar-refractivity contribution in [3.05, 3.63) is 77.3 Å². The standard InChI is InChI=1S/C23H26N4O3S/c1-15-13-18(16(2)27(15)14-17-7-6-12-30-17)22-21(19-8-4-5-10-24-19)25-23(31)26(22)11-9-20(28)29-3/h4-8,10,12-13,21-22H,9,11,14H2,1-3H3,(H,25,31)/t21-,22+/m1/s1. The van der Waals surface area contributed by atoms with Crippen LogP contribution in [0.1, 0.15) is 46.9 Å². The van der Waals surface area contributed by atoms with Crippen molar-refractivity contribution in [2.24, 2.45) is 0 Å². The van der Waals surface area contributed by atoms with Gasteiger partial charge in [0.25, 0.3) is 0 Å². The third-order valence-corrected chi connectivity index (χ3v) is 6.16. The minimum absolute atomic E-state index is 0.0939. The molecule has 0 aromatic carbocycles. The van der Waals surface area contributed by atoms with E-state index in [1.165, 1.54) is 7.11 Å². The van der Waals surface area contributed by atoms with Crippen LogP contribution in [0.5, 0.6) is 0 Å². The Morgan fingerprint density at radius 1 is 1.29 bits per heavy atom. The Morgan fingerprint density at radius 2 is 2.13 bits per heavy atom. The highest BCUT2D eigenvalue weighted by Crippen LogP contribution is 2.41. The Labute approximate surface area is 187 Å². The average molecular weight is 439 g/mol. The molecule has 2 atom stereocenters. The second kappa shape index (κ2) is 8.93. The highest BCUT2D eigenvalue weighted by Gasteiger charge is 2.41. The van der Waals surface area contributed by atoms with Gasteiger partial charge in [-0.05, 0) is 62.0 Å². The first-order valence-corrected chi connectivity index (χ1v) is 10.6. The van der Waals surface area contributed by atoms with Gasteiger partial charge >= 0.3 is 5.97 Å². The van der Waals surface area contributed by atoms with Gasteiger partial charge in [-0.2, -0.15) is 0 Å². The second-order valence-corrected chi connectivity index (χ2v) is 8.02. The van der Waals surface area contributed by atoms with Crippen molar-refractivity contribution in [2.75, 3.05) is 13.7 Å². The lowest BCUT2D eigenvalue weighted by atomic mass is 9.96. The van der Waals surface area contributed by atoms with Crippen molar-refractivity contribution in [3.8, 4) is 0 Å². The lowest BCUT2D eigenvalue weighted by molar-refractivity contribution is -0.140. The van der Waals surface area contributed by atoms with Crippen LogP contribution in [0.2, 0.25) is 0 Å². The van der Waals surface area contributed by atoms with Gasteiger partial charge in [0.05, 0.1) is 44.1 Å². The summed E-state index contributed by atoms with van der Waals surface area (Å²) in [6, 6.07) is 11.7. The monoisotopic (exact) mass is 438 g/mol. The topological polar surface area (TPSA) is 72.5 Å². The number of carbonyl (C=O) groups excluding carboxylic acids is 1. The van der Waals surface area contributed by atoms with Crippen LogP contribution in [0.4, 0.5) is 0 Å². The van der Waals surface area contributed by atoms with E-state index in [1.54, 1.807) is 12.5 Å². The number of nitrogens with zero attached hydrogens (tertiary/aromatic N) is 3. The molecule has 1 fully saturated rings. The molecule has 3 aromatic rings. The van der Waals surface area contributed by atoms with E-state index in [9.17, 15) is 4.79 Å². The van der Waals surface area contributed by atoms with Crippen LogP contribution in [0, 0.1) is 13.8 Å². The van der Waals surface area contributed by atoms with E-state index >= 15 is 0 Å². The number of aromatic nitrogens is 2. The zero-order chi connectivity index (χ0) is 22.0. The lowest BCUT2D eigenvalue weighted by Crippen LogP contribution is -2.32. The minimum atomic E-state index is -0.258. The second-order valence-electron chi connectivity index (χ2n) is 7.64. The first kappa shape index (κ1) is 21.1. The van der Waals surface area contributed by atoms with Crippen molar-refractivity contribution in [1.29, 1.82) is 0 Å². The molecule has 162 valence electrons. The van der Waals surface area contributed by atoms with Gasteiger partial charge in [-0.25, -0.2) is 0 Å². The number of pyridine rings is 1. The molecule has 0 aliphatic carbocycles. The van der Waals surface area contributed by atoms with Gasteiger partial charge in [-0.3, -0.25) is 9.78 Å². The van der Waals surface area contributed by atoms with E-state index in [0.717, 1.165) is 28.4 Å². The predicted molar refractivity (Wildman–Crippen MR) is 121 cm³/mol. The van der Waals surface area contributed by atoms with E-state index in [-0.39, 0.29) is 24.5 Å². The molecular formula is C23H26N4O3S. The number of hydrogen-bond acceptors (Lipinski definition) is 5. The number of rotatable bonds is 7. The molecule has 1 N–H and O–H groups in total. The number of methoxy groups -OCH3 is 1. The van der Waals surface area contributed by atoms with Gasteiger partial charge in [0.1, 0.15) is 5.76 Å². The normalized spacial score (nSPS) is 18.3. The number of hydrogen-bond donors (Lipinski definition) is 1. The Hall–Kier alpha value is -3.13. The third kappa shape index (κ3) is 4.20. The summed E-state index contributed by atoms with van der Waals surface area (Å²) in [5.74, 6) is 0.642. The fourth-order valence-corrected chi connectivity index (χ4v) is 4.56. The van der Waals surface area contributed by atoms with Crippen molar-refractivity contribution in [3.63, 3.8) is 0 Å². The fourth-order valence-electron chi connectivity index (χ4n) is 4.23. The summed E-state index contributed by atoms with van der Waals surface area (Å²) < 4.78 is 12.6. The zero-order valence-corrected chi connectivity index (χ0v) is 18.7. The molecule has 0 spiro atoms. The smallest absolute Gasteiger partial charge is 0.307 e. The van der Waals surface area contributed by atoms with E-state index in [4.69, 9.17) is 21.4 Å². The molecule has 3 aromatic heterocycles. The average Bonchev–Trinajstić information content (AvgIpc) is 3.47. The molecule has 1 saturated heterocycles. The molecule has 8 heteroatoms. The van der Waals surface area contributed by atoms with Crippen LogP contribution in [0.25, 0.3) is 0 Å². The van der Waals surface area contributed by atoms with Gasteiger partial charge in [-0.15, -0.1) is 0 Å². The van der Waals surface area contributed by atoms with E-state index in [1.807, 2.05) is 30.3 Å². The van der Waals surface area contributed by atoms with Crippen LogP contribution in [-0.2, 0) is 16.1 Å². The van der Waals surface area contributed by atoms with Crippen molar-refractivity contribution in [2.45, 2.75) is 38.9 Å². The molecule has 0 saturated carbocycles. The molecule has 1 aliphatic rings. The molecule has 0 amide bonds. The Balaban J connectivity index is 1.73. The first-order valence-electron chi connectivity index (χ1n) is 10.2. The number of nitrogens with one attached hydrogen (secondary N) is 1. The summed E-state index contributed by atoms with van der Waals surface area (Å²) in [7, 11) is 1.40. The highest BCUT2D eigenvalue weighted by molar-refractivity contribution is 7.80. The van der Waals surface area contributed by atoms with Crippen molar-refractivity contribution < 1.29 is 13.9 Å².